The Kier molecular flexibility index (Phi) is 4.83. The van der Waals surface area contributed by atoms with Crippen LogP contribution >= 0.6 is 0 Å². The van der Waals surface area contributed by atoms with E-state index in [0.717, 1.165) is 0 Å². The van der Waals surface area contributed by atoms with E-state index in [4.69, 9.17) is 10.4 Å². The standard InChI is InChI=1S/C12H14N2O5S/c1-12(17,6-11(15)16)8-14-20(18,19)10-5-3-2-4-9(10)7-13/h2-5,14,17H,6,8H2,1H3,(H,15,16). The highest BCUT2D eigenvalue weighted by atomic mass is 32.2. The van der Waals surface area contributed by atoms with Crippen LogP contribution in [-0.4, -0.2) is 36.7 Å². The van der Waals surface area contributed by atoms with Gasteiger partial charge in [0, 0.05) is 6.54 Å². The molecule has 0 saturated carbocycles. The molecule has 0 radical (unpaired) electrons. The van der Waals surface area contributed by atoms with Gasteiger partial charge in [-0.1, -0.05) is 12.1 Å². The zero-order valence-electron chi connectivity index (χ0n) is 10.7. The third kappa shape index (κ3) is 4.31. The number of carbonyl (C=O) groups is 1. The first-order valence-corrected chi connectivity index (χ1v) is 7.09. The predicted octanol–water partition coefficient (Wildman–Crippen LogP) is 0.0623. The molecule has 1 unspecified atom stereocenters. The van der Waals surface area contributed by atoms with Crippen molar-refractivity contribution in [3.05, 3.63) is 29.8 Å². The lowest BCUT2D eigenvalue weighted by molar-refractivity contribution is -0.141. The summed E-state index contributed by atoms with van der Waals surface area (Å²) in [6, 6.07) is 7.35. The van der Waals surface area contributed by atoms with E-state index >= 15 is 0 Å². The molecule has 8 heteroatoms. The molecule has 0 aliphatic rings. The molecule has 0 bridgehead atoms. The molecule has 3 N–H and O–H groups in total. The van der Waals surface area contributed by atoms with Gasteiger partial charge in [0.1, 0.15) is 6.07 Å². The van der Waals surface area contributed by atoms with Gasteiger partial charge in [-0.15, -0.1) is 0 Å². The van der Waals surface area contributed by atoms with E-state index in [1.807, 2.05) is 0 Å². The Bertz CT molecular complexity index is 646. The molecule has 1 rings (SSSR count). The summed E-state index contributed by atoms with van der Waals surface area (Å²) in [5.41, 5.74) is -1.75. The van der Waals surface area contributed by atoms with Gasteiger partial charge in [0.15, 0.2) is 0 Å². The van der Waals surface area contributed by atoms with Gasteiger partial charge < -0.3 is 10.2 Å². The number of benzene rings is 1. The van der Waals surface area contributed by atoms with Crippen molar-refractivity contribution in [1.29, 1.82) is 5.26 Å². The highest BCUT2D eigenvalue weighted by Crippen LogP contribution is 2.15. The summed E-state index contributed by atoms with van der Waals surface area (Å²) in [4.78, 5) is 10.3. The molecule has 7 nitrogen and oxygen atoms in total. The highest BCUT2D eigenvalue weighted by Gasteiger charge is 2.27. The molecule has 1 aromatic rings. The van der Waals surface area contributed by atoms with Crippen LogP contribution in [0.4, 0.5) is 0 Å². The largest absolute Gasteiger partial charge is 0.481 e. The Labute approximate surface area is 116 Å². The molecule has 1 aromatic carbocycles. The third-order valence-electron chi connectivity index (χ3n) is 2.47. The van der Waals surface area contributed by atoms with Crippen molar-refractivity contribution in [2.24, 2.45) is 0 Å². The molecule has 108 valence electrons. The fourth-order valence-corrected chi connectivity index (χ4v) is 2.83. The summed E-state index contributed by atoms with van der Waals surface area (Å²) in [6.07, 6.45) is -0.602. The van der Waals surface area contributed by atoms with Crippen LogP contribution in [0.15, 0.2) is 29.2 Å². The number of nitriles is 1. The zero-order chi connectivity index (χ0) is 15.4. The van der Waals surface area contributed by atoms with E-state index in [1.165, 1.54) is 31.2 Å². The molecule has 0 saturated heterocycles. The molecule has 20 heavy (non-hydrogen) atoms. The van der Waals surface area contributed by atoms with Crippen molar-refractivity contribution < 1.29 is 23.4 Å². The van der Waals surface area contributed by atoms with E-state index in [1.54, 1.807) is 6.07 Å². The van der Waals surface area contributed by atoms with E-state index < -0.39 is 34.6 Å². The monoisotopic (exact) mass is 298 g/mol. The zero-order valence-corrected chi connectivity index (χ0v) is 11.5. The number of hydrogen-bond acceptors (Lipinski definition) is 5. The number of carboxylic acids is 1. The lowest BCUT2D eigenvalue weighted by Crippen LogP contribution is -2.42. The number of aliphatic carboxylic acids is 1. The fourth-order valence-electron chi connectivity index (χ4n) is 1.51. The first kappa shape index (κ1) is 16.1. The van der Waals surface area contributed by atoms with Gasteiger partial charge in [0.25, 0.3) is 0 Å². The minimum Gasteiger partial charge on any atom is -0.481 e. The molecule has 0 aromatic heterocycles. The normalized spacial score (nSPS) is 14.2. The maximum Gasteiger partial charge on any atom is 0.306 e. The molecular formula is C12H14N2O5S. The Morgan fingerprint density at radius 3 is 2.60 bits per heavy atom. The van der Waals surface area contributed by atoms with Gasteiger partial charge in [0.2, 0.25) is 10.0 Å². The summed E-state index contributed by atoms with van der Waals surface area (Å²) in [7, 11) is -4.00. The Morgan fingerprint density at radius 2 is 2.05 bits per heavy atom. The number of nitrogens with zero attached hydrogens (tertiary/aromatic N) is 1. The third-order valence-corrected chi connectivity index (χ3v) is 3.93. The second kappa shape index (κ2) is 6.00. The maximum atomic E-state index is 12.0. The van der Waals surface area contributed by atoms with Crippen LogP contribution in [-0.2, 0) is 14.8 Å². The molecular weight excluding hydrogens is 284 g/mol. The minimum absolute atomic E-state index is 0.0297. The number of aliphatic hydroxyl groups is 1. The van der Waals surface area contributed by atoms with Crippen molar-refractivity contribution in [2.75, 3.05) is 6.54 Å². The fraction of sp³-hybridized carbons (Fsp3) is 0.333. The molecule has 0 amide bonds. The molecule has 0 aliphatic carbocycles. The Balaban J connectivity index is 2.92. The van der Waals surface area contributed by atoms with Crippen LogP contribution in [0, 0.1) is 11.3 Å². The van der Waals surface area contributed by atoms with Crippen LogP contribution in [0.5, 0.6) is 0 Å². The van der Waals surface area contributed by atoms with Crippen molar-refractivity contribution in [1.82, 2.24) is 4.72 Å². The summed E-state index contributed by atoms with van der Waals surface area (Å²) in [6.45, 7) is 0.737. The molecule has 0 spiro atoms. The van der Waals surface area contributed by atoms with Gasteiger partial charge >= 0.3 is 5.97 Å². The minimum atomic E-state index is -4.00. The van der Waals surface area contributed by atoms with Crippen molar-refractivity contribution in [2.45, 2.75) is 23.8 Å². The Morgan fingerprint density at radius 1 is 1.45 bits per heavy atom. The average molecular weight is 298 g/mol. The summed E-state index contributed by atoms with van der Waals surface area (Å²) >= 11 is 0. The van der Waals surface area contributed by atoms with Crippen LogP contribution in [0.3, 0.4) is 0 Å². The first-order valence-electron chi connectivity index (χ1n) is 5.61. The van der Waals surface area contributed by atoms with E-state index in [9.17, 15) is 18.3 Å². The van der Waals surface area contributed by atoms with Crippen LogP contribution in [0.2, 0.25) is 0 Å². The SMILES string of the molecule is CC(O)(CNS(=O)(=O)c1ccccc1C#N)CC(=O)O. The summed E-state index contributed by atoms with van der Waals surface area (Å²) < 4.78 is 26.2. The number of nitrogens with one attached hydrogen (secondary N) is 1. The van der Waals surface area contributed by atoms with Gasteiger partial charge in [-0.2, -0.15) is 5.26 Å². The first-order chi connectivity index (χ1) is 9.18. The summed E-state index contributed by atoms with van der Waals surface area (Å²) in [5, 5.41) is 27.2. The smallest absolute Gasteiger partial charge is 0.306 e. The highest BCUT2D eigenvalue weighted by molar-refractivity contribution is 7.89. The number of hydrogen-bond donors (Lipinski definition) is 3. The van der Waals surface area contributed by atoms with E-state index in [2.05, 4.69) is 4.72 Å². The van der Waals surface area contributed by atoms with Crippen LogP contribution in [0.1, 0.15) is 18.9 Å². The maximum absolute atomic E-state index is 12.0. The van der Waals surface area contributed by atoms with Crippen LogP contribution in [0.25, 0.3) is 0 Å². The second-order valence-corrected chi connectivity index (χ2v) is 6.24. The number of sulfonamides is 1. The lowest BCUT2D eigenvalue weighted by Gasteiger charge is -2.21. The average Bonchev–Trinajstić information content (AvgIpc) is 2.35. The molecule has 0 heterocycles. The molecule has 0 aliphatic heterocycles. The van der Waals surface area contributed by atoms with Crippen LogP contribution < -0.4 is 4.72 Å². The van der Waals surface area contributed by atoms with E-state index in [-0.39, 0.29) is 10.5 Å². The lowest BCUT2D eigenvalue weighted by atomic mass is 10.0. The van der Waals surface area contributed by atoms with Gasteiger partial charge in [0.05, 0.1) is 22.5 Å². The quantitative estimate of drug-likeness (QED) is 0.681. The molecule has 0 fully saturated rings. The van der Waals surface area contributed by atoms with Gasteiger partial charge in [-0.3, -0.25) is 4.79 Å². The number of carboxylic acid groups (broad SMARTS) is 1. The second-order valence-electron chi connectivity index (χ2n) is 4.50. The Hall–Kier alpha value is -1.95. The van der Waals surface area contributed by atoms with Gasteiger partial charge in [-0.25, -0.2) is 13.1 Å². The van der Waals surface area contributed by atoms with Crippen molar-refractivity contribution >= 4 is 16.0 Å². The topological polar surface area (TPSA) is 127 Å². The predicted molar refractivity (Wildman–Crippen MR) is 69.2 cm³/mol. The van der Waals surface area contributed by atoms with Gasteiger partial charge in [-0.05, 0) is 19.1 Å². The van der Waals surface area contributed by atoms with Crippen molar-refractivity contribution in [3.8, 4) is 6.07 Å². The summed E-state index contributed by atoms with van der Waals surface area (Å²) in [5.74, 6) is -1.24. The number of rotatable bonds is 6. The molecule has 1 atom stereocenters. The van der Waals surface area contributed by atoms with E-state index in [0.29, 0.717) is 0 Å². The van der Waals surface area contributed by atoms with Crippen molar-refractivity contribution in [3.63, 3.8) is 0 Å².